The number of hydrogen-bond acceptors (Lipinski definition) is 7. The Labute approximate surface area is 199 Å². The zero-order chi connectivity index (χ0) is 24.2. The summed E-state index contributed by atoms with van der Waals surface area (Å²) in [6, 6.07) is 7.51. The first kappa shape index (κ1) is 25.4. The molecule has 0 bridgehead atoms. The number of nitrogens with one attached hydrogen (secondary N) is 1. The molecule has 2 amide bonds. The third-order valence-electron chi connectivity index (χ3n) is 5.20. The Morgan fingerprint density at radius 3 is 2.55 bits per heavy atom. The number of aliphatic imine (C=N–C) groups is 1. The van der Waals surface area contributed by atoms with E-state index in [4.69, 9.17) is 9.47 Å². The zero-order valence-electron chi connectivity index (χ0n) is 19.4. The van der Waals surface area contributed by atoms with Gasteiger partial charge in [-0.3, -0.25) is 4.79 Å². The number of benzene rings is 1. The zero-order valence-corrected chi connectivity index (χ0v) is 21.0. The summed E-state index contributed by atoms with van der Waals surface area (Å²) in [6.07, 6.45) is 0.129. The number of amides is 2. The molecular weight excluding hydrogens is 466 g/mol. The molecule has 3 rings (SSSR count). The van der Waals surface area contributed by atoms with E-state index in [9.17, 15) is 18.0 Å². The van der Waals surface area contributed by atoms with Crippen LogP contribution in [0.4, 0.5) is 4.79 Å². The number of sulfone groups is 1. The second-order valence-electron chi connectivity index (χ2n) is 9.06. The lowest BCUT2D eigenvalue weighted by Gasteiger charge is -2.24. The van der Waals surface area contributed by atoms with Gasteiger partial charge in [-0.05, 0) is 44.9 Å². The molecule has 0 aromatic heterocycles. The van der Waals surface area contributed by atoms with Crippen molar-refractivity contribution in [3.05, 3.63) is 29.8 Å². The van der Waals surface area contributed by atoms with Gasteiger partial charge in [-0.25, -0.2) is 13.2 Å². The third kappa shape index (κ3) is 7.36. The Balaban J connectivity index is 1.62. The molecule has 0 saturated carbocycles. The van der Waals surface area contributed by atoms with Gasteiger partial charge in [-0.15, -0.1) is 0 Å². The van der Waals surface area contributed by atoms with Gasteiger partial charge in [0.1, 0.15) is 11.4 Å². The summed E-state index contributed by atoms with van der Waals surface area (Å²) in [7, 11) is -1.49. The Hall–Kier alpha value is -2.27. The number of fused-ring (bicyclic) bond motifs is 1. The maximum absolute atomic E-state index is 12.5. The summed E-state index contributed by atoms with van der Waals surface area (Å²) >= 11 is 1.35. The molecule has 2 aliphatic heterocycles. The number of rotatable bonds is 7. The van der Waals surface area contributed by atoms with Gasteiger partial charge in [-0.2, -0.15) is 4.99 Å². The summed E-state index contributed by atoms with van der Waals surface area (Å²) in [5, 5.41) is 2.98. The average Bonchev–Trinajstić information content (AvgIpc) is 3.16. The van der Waals surface area contributed by atoms with Crippen LogP contribution in [0, 0.1) is 0 Å². The number of methoxy groups -OCH3 is 1. The van der Waals surface area contributed by atoms with Crippen LogP contribution in [0.15, 0.2) is 29.3 Å². The minimum Gasteiger partial charge on any atom is -0.497 e. The van der Waals surface area contributed by atoms with E-state index >= 15 is 0 Å². The van der Waals surface area contributed by atoms with Gasteiger partial charge in [-0.1, -0.05) is 23.9 Å². The molecule has 33 heavy (non-hydrogen) atoms. The number of alkyl carbamates (subject to hydrolysis) is 1. The van der Waals surface area contributed by atoms with Crippen LogP contribution in [-0.4, -0.2) is 79.1 Å². The smallest absolute Gasteiger partial charge is 0.407 e. The largest absolute Gasteiger partial charge is 0.497 e. The van der Waals surface area contributed by atoms with E-state index in [1.807, 2.05) is 29.2 Å². The standard InChI is InChI=1S/C22H31N3O6S2/c1-22(2,3)31-21(27)23-11-9-19(26)24-20-25(17-13-33(28,29)14-18(17)32-20)12-10-15-5-7-16(30-4)8-6-15/h5-8,17-18H,9-14H2,1-4H3,(H,23,27)/t17-,18+/m0/s1. The first-order chi connectivity index (χ1) is 15.5. The number of thioether (sulfide) groups is 1. The molecule has 0 spiro atoms. The first-order valence-corrected chi connectivity index (χ1v) is 13.5. The first-order valence-electron chi connectivity index (χ1n) is 10.8. The quantitative estimate of drug-likeness (QED) is 0.610. The predicted octanol–water partition coefficient (Wildman–Crippen LogP) is 2.25. The van der Waals surface area contributed by atoms with E-state index in [0.29, 0.717) is 18.1 Å². The summed E-state index contributed by atoms with van der Waals surface area (Å²) < 4.78 is 34.7. The van der Waals surface area contributed by atoms with Crippen LogP contribution in [0.3, 0.4) is 0 Å². The Morgan fingerprint density at radius 2 is 1.91 bits per heavy atom. The molecule has 0 aliphatic carbocycles. The fraction of sp³-hybridized carbons (Fsp3) is 0.591. The second kappa shape index (κ2) is 10.3. The minimum atomic E-state index is -3.10. The number of hydrogen-bond donors (Lipinski definition) is 1. The molecule has 182 valence electrons. The molecule has 11 heteroatoms. The van der Waals surface area contributed by atoms with Crippen LogP contribution >= 0.6 is 11.8 Å². The van der Waals surface area contributed by atoms with Crippen LogP contribution in [0.1, 0.15) is 32.8 Å². The van der Waals surface area contributed by atoms with E-state index in [0.717, 1.165) is 11.3 Å². The maximum Gasteiger partial charge on any atom is 0.407 e. The Bertz CT molecular complexity index is 1000. The van der Waals surface area contributed by atoms with Crippen molar-refractivity contribution in [1.82, 2.24) is 10.2 Å². The van der Waals surface area contributed by atoms with Gasteiger partial charge in [0.25, 0.3) is 0 Å². The van der Waals surface area contributed by atoms with Crippen molar-refractivity contribution < 1.29 is 27.5 Å². The summed E-state index contributed by atoms with van der Waals surface area (Å²) in [5.74, 6) is 0.561. The van der Waals surface area contributed by atoms with Crippen molar-refractivity contribution in [3.8, 4) is 5.75 Å². The number of amidine groups is 1. The molecular formula is C22H31N3O6S2. The molecule has 1 aromatic carbocycles. The van der Waals surface area contributed by atoms with Crippen molar-refractivity contribution in [2.75, 3.05) is 31.7 Å². The fourth-order valence-corrected chi connectivity index (χ4v) is 7.68. The van der Waals surface area contributed by atoms with Crippen molar-refractivity contribution in [1.29, 1.82) is 0 Å². The second-order valence-corrected chi connectivity index (χ2v) is 12.4. The maximum atomic E-state index is 12.5. The van der Waals surface area contributed by atoms with Gasteiger partial charge in [0.2, 0.25) is 5.91 Å². The molecule has 2 heterocycles. The highest BCUT2D eigenvalue weighted by atomic mass is 32.2. The highest BCUT2D eigenvalue weighted by Crippen LogP contribution is 2.38. The third-order valence-corrected chi connectivity index (χ3v) is 8.45. The highest BCUT2D eigenvalue weighted by molar-refractivity contribution is 8.15. The van der Waals surface area contributed by atoms with Crippen LogP contribution in [0.2, 0.25) is 0 Å². The number of carbonyl (C=O) groups is 2. The van der Waals surface area contributed by atoms with Gasteiger partial charge >= 0.3 is 6.09 Å². The number of nitrogens with zero attached hydrogens (tertiary/aromatic N) is 2. The van der Waals surface area contributed by atoms with Gasteiger partial charge in [0, 0.05) is 24.8 Å². The summed E-state index contributed by atoms with van der Waals surface area (Å²) in [6.45, 7) is 5.95. The van der Waals surface area contributed by atoms with Crippen LogP contribution in [-0.2, 0) is 25.8 Å². The molecule has 2 saturated heterocycles. The van der Waals surface area contributed by atoms with Gasteiger partial charge in [0.05, 0.1) is 24.7 Å². The Morgan fingerprint density at radius 1 is 1.21 bits per heavy atom. The van der Waals surface area contributed by atoms with Crippen LogP contribution in [0.5, 0.6) is 5.75 Å². The lowest BCUT2D eigenvalue weighted by atomic mass is 10.1. The minimum absolute atomic E-state index is 0.0310. The van der Waals surface area contributed by atoms with E-state index in [-0.39, 0.29) is 41.7 Å². The number of carbonyl (C=O) groups excluding carboxylic acids is 2. The van der Waals surface area contributed by atoms with Crippen molar-refractivity contribution in [2.24, 2.45) is 4.99 Å². The summed E-state index contributed by atoms with van der Waals surface area (Å²) in [4.78, 5) is 30.4. The van der Waals surface area contributed by atoms with Crippen molar-refractivity contribution in [3.63, 3.8) is 0 Å². The highest BCUT2D eigenvalue weighted by Gasteiger charge is 2.48. The lowest BCUT2D eigenvalue weighted by Crippen LogP contribution is -2.39. The lowest BCUT2D eigenvalue weighted by molar-refractivity contribution is -0.117. The van der Waals surface area contributed by atoms with E-state index in [2.05, 4.69) is 10.3 Å². The van der Waals surface area contributed by atoms with E-state index in [1.165, 1.54) is 11.8 Å². The predicted molar refractivity (Wildman–Crippen MR) is 129 cm³/mol. The average molecular weight is 498 g/mol. The SMILES string of the molecule is COc1ccc(CCN2C(=NC(=O)CCNC(=O)OC(C)(C)C)S[C@@H]3CS(=O)(=O)C[C@@H]32)cc1. The molecule has 1 N–H and O–H groups in total. The van der Waals surface area contributed by atoms with E-state index in [1.54, 1.807) is 27.9 Å². The van der Waals surface area contributed by atoms with Crippen LogP contribution in [0.25, 0.3) is 0 Å². The molecule has 2 fully saturated rings. The molecule has 2 atom stereocenters. The van der Waals surface area contributed by atoms with Crippen molar-refractivity contribution in [2.45, 2.75) is 50.5 Å². The van der Waals surface area contributed by atoms with E-state index < -0.39 is 21.5 Å². The molecule has 0 radical (unpaired) electrons. The number of ether oxygens (including phenoxy) is 2. The topological polar surface area (TPSA) is 114 Å². The molecule has 0 unspecified atom stereocenters. The normalized spacial score (nSPS) is 22.8. The van der Waals surface area contributed by atoms with Gasteiger partial charge < -0.3 is 19.7 Å². The molecule has 1 aromatic rings. The molecule has 9 nitrogen and oxygen atoms in total. The molecule has 2 aliphatic rings. The fourth-order valence-electron chi connectivity index (χ4n) is 3.69. The monoisotopic (exact) mass is 497 g/mol. The Kier molecular flexibility index (Phi) is 7.94. The van der Waals surface area contributed by atoms with Gasteiger partial charge in [0.15, 0.2) is 15.0 Å². The van der Waals surface area contributed by atoms with Crippen molar-refractivity contribution >= 4 is 38.8 Å². The summed E-state index contributed by atoms with van der Waals surface area (Å²) in [5.41, 5.74) is 0.467. The van der Waals surface area contributed by atoms with Crippen LogP contribution < -0.4 is 10.1 Å².